The fourth-order valence-electron chi connectivity index (χ4n) is 4.49. The topological polar surface area (TPSA) is 76.7 Å². The smallest absolute Gasteiger partial charge is 0.224 e. The molecule has 2 amide bonds. The van der Waals surface area contributed by atoms with Crippen LogP contribution in [0.3, 0.4) is 0 Å². The highest BCUT2D eigenvalue weighted by atomic mass is 16.5. The molecule has 0 aliphatic carbocycles. The van der Waals surface area contributed by atoms with Gasteiger partial charge in [0.25, 0.3) is 0 Å². The first-order valence-corrected chi connectivity index (χ1v) is 15.7. The summed E-state index contributed by atoms with van der Waals surface area (Å²) in [4.78, 5) is 24.6. The quantitative estimate of drug-likeness (QED) is 0.135. The van der Waals surface area contributed by atoms with E-state index in [2.05, 4.69) is 24.5 Å². The molecular formula is C34H52N2O4. The van der Waals surface area contributed by atoms with E-state index < -0.39 is 0 Å². The Balaban J connectivity index is 1.49. The van der Waals surface area contributed by atoms with Gasteiger partial charge in [-0.05, 0) is 49.9 Å². The van der Waals surface area contributed by atoms with Gasteiger partial charge in [-0.3, -0.25) is 9.59 Å². The van der Waals surface area contributed by atoms with Crippen molar-refractivity contribution in [1.29, 1.82) is 0 Å². The van der Waals surface area contributed by atoms with E-state index in [-0.39, 0.29) is 11.8 Å². The second-order valence-corrected chi connectivity index (χ2v) is 10.6. The van der Waals surface area contributed by atoms with Gasteiger partial charge in [-0.15, -0.1) is 0 Å². The van der Waals surface area contributed by atoms with Gasteiger partial charge in [-0.25, -0.2) is 0 Å². The molecule has 0 unspecified atom stereocenters. The average molecular weight is 553 g/mol. The number of benzene rings is 2. The van der Waals surface area contributed by atoms with E-state index in [1.54, 1.807) is 0 Å². The van der Waals surface area contributed by atoms with Crippen LogP contribution in [0.15, 0.2) is 48.5 Å². The lowest BCUT2D eigenvalue weighted by molar-refractivity contribution is -0.117. The number of hydrogen-bond acceptors (Lipinski definition) is 4. The molecular weight excluding hydrogens is 500 g/mol. The Morgan fingerprint density at radius 2 is 0.950 bits per heavy atom. The molecule has 0 saturated carbocycles. The van der Waals surface area contributed by atoms with E-state index in [1.165, 1.54) is 38.5 Å². The molecule has 0 aliphatic heterocycles. The zero-order chi connectivity index (χ0) is 28.7. The first-order valence-electron chi connectivity index (χ1n) is 15.7. The largest absolute Gasteiger partial charge is 0.494 e. The second kappa shape index (κ2) is 21.8. The standard InChI is InChI=1S/C34H52N2O4/c1-3-5-7-15-25-39-31-21-17-19-29(27-31)35-33(37)23-13-11-9-10-12-14-24-34(38)36-30-20-18-22-32(28-30)40-26-16-8-6-4-2/h17-22,27-28H,3-16,23-26H2,1-2H3,(H,35,37)(H,36,38). The Bertz CT molecular complexity index is 885. The molecule has 0 bridgehead atoms. The molecule has 222 valence electrons. The second-order valence-electron chi connectivity index (χ2n) is 10.6. The van der Waals surface area contributed by atoms with Crippen LogP contribution in [0.2, 0.25) is 0 Å². The van der Waals surface area contributed by atoms with Gasteiger partial charge in [0.2, 0.25) is 11.8 Å². The van der Waals surface area contributed by atoms with E-state index in [0.29, 0.717) is 26.1 Å². The summed E-state index contributed by atoms with van der Waals surface area (Å²) in [5, 5.41) is 5.97. The summed E-state index contributed by atoms with van der Waals surface area (Å²) in [6, 6.07) is 15.3. The third kappa shape index (κ3) is 16.2. The van der Waals surface area contributed by atoms with E-state index in [9.17, 15) is 9.59 Å². The maximum atomic E-state index is 12.3. The van der Waals surface area contributed by atoms with E-state index in [0.717, 1.165) is 74.2 Å². The number of amides is 2. The van der Waals surface area contributed by atoms with Crippen molar-refractivity contribution in [3.05, 3.63) is 48.5 Å². The molecule has 0 saturated heterocycles. The van der Waals surface area contributed by atoms with Gasteiger partial charge in [0.1, 0.15) is 11.5 Å². The zero-order valence-corrected chi connectivity index (χ0v) is 25.0. The Morgan fingerprint density at radius 3 is 1.38 bits per heavy atom. The highest BCUT2D eigenvalue weighted by Gasteiger charge is 2.06. The summed E-state index contributed by atoms with van der Waals surface area (Å²) in [6.07, 6.45) is 16.4. The summed E-state index contributed by atoms with van der Waals surface area (Å²) in [6.45, 7) is 5.82. The third-order valence-electron chi connectivity index (χ3n) is 6.83. The minimum Gasteiger partial charge on any atom is -0.494 e. The maximum Gasteiger partial charge on any atom is 0.224 e. The molecule has 6 heteroatoms. The summed E-state index contributed by atoms with van der Waals surface area (Å²) >= 11 is 0. The molecule has 0 fully saturated rings. The number of hydrogen-bond donors (Lipinski definition) is 2. The van der Waals surface area contributed by atoms with Crippen LogP contribution < -0.4 is 20.1 Å². The molecule has 2 aromatic rings. The number of nitrogens with one attached hydrogen (secondary N) is 2. The Kier molecular flexibility index (Phi) is 18.1. The average Bonchev–Trinajstić information content (AvgIpc) is 2.94. The molecule has 6 nitrogen and oxygen atoms in total. The summed E-state index contributed by atoms with van der Waals surface area (Å²) in [5.74, 6) is 1.70. The van der Waals surface area contributed by atoms with Gasteiger partial charge in [0.05, 0.1) is 13.2 Å². The molecule has 0 aromatic heterocycles. The third-order valence-corrected chi connectivity index (χ3v) is 6.83. The van der Waals surface area contributed by atoms with Crippen molar-refractivity contribution in [2.75, 3.05) is 23.8 Å². The van der Waals surface area contributed by atoms with Crippen LogP contribution in [0.4, 0.5) is 11.4 Å². The van der Waals surface area contributed by atoms with Gasteiger partial charge in [-0.2, -0.15) is 0 Å². The summed E-state index contributed by atoms with van der Waals surface area (Å²) in [5.41, 5.74) is 1.58. The van der Waals surface area contributed by atoms with Crippen molar-refractivity contribution in [2.24, 2.45) is 0 Å². The Hall–Kier alpha value is -3.02. The monoisotopic (exact) mass is 552 g/mol. The number of ether oxygens (including phenoxy) is 2. The lowest BCUT2D eigenvalue weighted by Gasteiger charge is -2.10. The molecule has 0 spiro atoms. The molecule has 0 radical (unpaired) electrons. The van der Waals surface area contributed by atoms with Gasteiger partial charge in [0.15, 0.2) is 0 Å². The number of anilines is 2. The maximum absolute atomic E-state index is 12.3. The predicted octanol–water partition coefficient (Wildman–Crippen LogP) is 9.30. The molecule has 0 heterocycles. The Labute approximate surface area is 242 Å². The zero-order valence-electron chi connectivity index (χ0n) is 25.0. The molecule has 0 atom stereocenters. The fraction of sp³-hybridized carbons (Fsp3) is 0.588. The highest BCUT2D eigenvalue weighted by molar-refractivity contribution is 5.91. The molecule has 40 heavy (non-hydrogen) atoms. The van der Waals surface area contributed by atoms with Crippen LogP contribution >= 0.6 is 0 Å². The van der Waals surface area contributed by atoms with Crippen molar-refractivity contribution < 1.29 is 19.1 Å². The van der Waals surface area contributed by atoms with Crippen LogP contribution in [-0.2, 0) is 9.59 Å². The van der Waals surface area contributed by atoms with Crippen LogP contribution in [0.1, 0.15) is 117 Å². The van der Waals surface area contributed by atoms with Gasteiger partial charge < -0.3 is 20.1 Å². The van der Waals surface area contributed by atoms with Crippen LogP contribution in [0.25, 0.3) is 0 Å². The highest BCUT2D eigenvalue weighted by Crippen LogP contribution is 2.20. The lowest BCUT2D eigenvalue weighted by atomic mass is 10.1. The van der Waals surface area contributed by atoms with Gasteiger partial charge in [-0.1, -0.05) is 90.2 Å². The number of rotatable bonds is 23. The molecule has 0 aliphatic rings. The van der Waals surface area contributed by atoms with E-state index in [4.69, 9.17) is 9.47 Å². The number of carbonyl (C=O) groups is 2. The molecule has 2 rings (SSSR count). The van der Waals surface area contributed by atoms with E-state index >= 15 is 0 Å². The molecule has 2 N–H and O–H groups in total. The van der Waals surface area contributed by atoms with Crippen molar-refractivity contribution >= 4 is 23.2 Å². The number of carbonyl (C=O) groups excluding carboxylic acids is 2. The van der Waals surface area contributed by atoms with Crippen molar-refractivity contribution in [2.45, 2.75) is 117 Å². The first kappa shape index (κ1) is 33.2. The van der Waals surface area contributed by atoms with Crippen LogP contribution in [0.5, 0.6) is 11.5 Å². The number of unbranched alkanes of at least 4 members (excludes halogenated alkanes) is 11. The normalized spacial score (nSPS) is 10.8. The lowest BCUT2D eigenvalue weighted by Crippen LogP contribution is -2.11. The van der Waals surface area contributed by atoms with Crippen LogP contribution in [-0.4, -0.2) is 25.0 Å². The van der Waals surface area contributed by atoms with Gasteiger partial charge >= 0.3 is 0 Å². The minimum absolute atomic E-state index is 0.0442. The van der Waals surface area contributed by atoms with Crippen molar-refractivity contribution in [3.63, 3.8) is 0 Å². The van der Waals surface area contributed by atoms with Gasteiger partial charge in [0, 0.05) is 36.3 Å². The van der Waals surface area contributed by atoms with E-state index in [1.807, 2.05) is 48.5 Å². The van der Waals surface area contributed by atoms with Crippen LogP contribution in [0, 0.1) is 0 Å². The summed E-state index contributed by atoms with van der Waals surface area (Å²) in [7, 11) is 0. The van der Waals surface area contributed by atoms with Crippen molar-refractivity contribution in [3.8, 4) is 11.5 Å². The fourth-order valence-corrected chi connectivity index (χ4v) is 4.49. The van der Waals surface area contributed by atoms with Crippen molar-refractivity contribution in [1.82, 2.24) is 0 Å². The minimum atomic E-state index is 0.0442. The Morgan fingerprint density at radius 1 is 0.550 bits per heavy atom. The predicted molar refractivity (Wildman–Crippen MR) is 166 cm³/mol. The summed E-state index contributed by atoms with van der Waals surface area (Å²) < 4.78 is 11.6. The first-order chi connectivity index (χ1) is 19.6. The SMILES string of the molecule is CCCCCCOc1cccc(NC(=O)CCCCCCCCC(=O)Nc2cccc(OCCCCCC)c2)c1. The molecule has 2 aromatic carbocycles.